The second-order valence-electron chi connectivity index (χ2n) is 17.3. The second kappa shape index (κ2) is 17.8. The lowest BCUT2D eigenvalue weighted by Gasteiger charge is -2.62. The largest absolute Gasteiger partial charge is 0.397 e. The van der Waals surface area contributed by atoms with Crippen LogP contribution in [0.1, 0.15) is 144 Å². The molecule has 0 radical (unpaired) electrons. The maximum absolute atomic E-state index is 11.8. The molecule has 4 fully saturated rings. The van der Waals surface area contributed by atoms with E-state index in [0.29, 0.717) is 53.4 Å². The first-order valence-corrected chi connectivity index (χ1v) is 21.1. The maximum Gasteiger partial charge on any atom is 0.397 e. The number of rotatable bonds is 20. The van der Waals surface area contributed by atoms with E-state index >= 15 is 0 Å². The Labute approximate surface area is 288 Å². The first-order chi connectivity index (χ1) is 22.3. The van der Waals surface area contributed by atoms with Gasteiger partial charge in [-0.1, -0.05) is 60.3 Å². The summed E-state index contributed by atoms with van der Waals surface area (Å²) in [4.78, 5) is 0. The van der Waals surface area contributed by atoms with Crippen molar-refractivity contribution in [2.24, 2.45) is 58.0 Å². The van der Waals surface area contributed by atoms with Gasteiger partial charge in [-0.15, -0.1) is 0 Å². The van der Waals surface area contributed by atoms with Crippen molar-refractivity contribution in [1.82, 2.24) is 10.6 Å². The molecule has 0 aromatic rings. The van der Waals surface area contributed by atoms with Crippen molar-refractivity contribution in [2.75, 3.05) is 26.2 Å². The Morgan fingerprint density at radius 3 is 2.19 bits per heavy atom. The Morgan fingerprint density at radius 1 is 0.830 bits per heavy atom. The molecule has 0 amide bonds. The van der Waals surface area contributed by atoms with Crippen LogP contribution in [0.3, 0.4) is 0 Å². The van der Waals surface area contributed by atoms with Crippen molar-refractivity contribution in [1.29, 1.82) is 0 Å². The third-order valence-corrected chi connectivity index (χ3v) is 14.6. The van der Waals surface area contributed by atoms with Crippen LogP contribution < -0.4 is 16.4 Å². The van der Waals surface area contributed by atoms with Crippen LogP contribution >= 0.6 is 0 Å². The molecule has 276 valence electrons. The highest BCUT2D eigenvalue weighted by molar-refractivity contribution is 7.80. The summed E-state index contributed by atoms with van der Waals surface area (Å²) in [6, 6.07) is 0.579. The van der Waals surface area contributed by atoms with Crippen LogP contribution in [0.4, 0.5) is 0 Å². The highest BCUT2D eigenvalue weighted by Crippen LogP contribution is 2.68. The third-order valence-electron chi connectivity index (χ3n) is 14.1. The number of fused-ring (bicyclic) bond motifs is 5. The molecule has 0 bridgehead atoms. The number of hydrogen-bond acceptors (Lipinski definition) is 7. The van der Waals surface area contributed by atoms with Crippen LogP contribution in [0, 0.1) is 52.3 Å². The predicted octanol–water partition coefficient (Wildman–Crippen LogP) is 7.11. The molecule has 8 nitrogen and oxygen atoms in total. The smallest absolute Gasteiger partial charge is 0.393 e. The van der Waals surface area contributed by atoms with E-state index in [1.807, 2.05) is 13.8 Å². The van der Waals surface area contributed by atoms with E-state index in [9.17, 15) is 18.1 Å². The second-order valence-corrected chi connectivity index (χ2v) is 18.4. The Kier molecular flexibility index (Phi) is 14.9. The van der Waals surface area contributed by atoms with Crippen LogP contribution in [0.2, 0.25) is 0 Å². The molecule has 0 aromatic carbocycles. The Morgan fingerprint density at radius 2 is 1.49 bits per heavy atom. The summed E-state index contributed by atoms with van der Waals surface area (Å²) in [6.07, 6.45) is 19.3. The summed E-state index contributed by atoms with van der Waals surface area (Å²) in [5.74, 6) is 3.22. The van der Waals surface area contributed by atoms with Gasteiger partial charge in [-0.3, -0.25) is 4.55 Å². The van der Waals surface area contributed by atoms with Crippen molar-refractivity contribution in [3.05, 3.63) is 0 Å². The fourth-order valence-electron chi connectivity index (χ4n) is 11.4. The van der Waals surface area contributed by atoms with Crippen LogP contribution in [0.15, 0.2) is 0 Å². The zero-order valence-electron chi connectivity index (χ0n) is 30.7. The molecule has 0 aromatic heterocycles. The summed E-state index contributed by atoms with van der Waals surface area (Å²) < 4.78 is 37.2. The van der Waals surface area contributed by atoms with Gasteiger partial charge in [-0.25, -0.2) is 4.18 Å². The van der Waals surface area contributed by atoms with Gasteiger partial charge >= 0.3 is 10.4 Å². The molecule has 0 spiro atoms. The fourth-order valence-corrected chi connectivity index (χ4v) is 12.0. The van der Waals surface area contributed by atoms with Crippen molar-refractivity contribution in [3.63, 3.8) is 0 Å². The van der Waals surface area contributed by atoms with Crippen molar-refractivity contribution >= 4 is 10.4 Å². The van der Waals surface area contributed by atoms with Crippen LogP contribution in [-0.4, -0.2) is 62.5 Å². The normalized spacial score (nSPS) is 36.9. The number of aliphatic hydroxyl groups excluding tert-OH is 1. The van der Waals surface area contributed by atoms with Gasteiger partial charge in [-0.05, 0) is 162 Å². The molecule has 4 rings (SSSR count). The predicted molar refractivity (Wildman–Crippen MR) is 192 cm³/mol. The van der Waals surface area contributed by atoms with E-state index in [-0.39, 0.29) is 17.4 Å². The van der Waals surface area contributed by atoms with Crippen molar-refractivity contribution in [2.45, 2.75) is 162 Å². The summed E-state index contributed by atoms with van der Waals surface area (Å²) in [6.45, 7) is 15.5. The Bertz CT molecular complexity index is 1040. The molecular formula is C38H73N3O5S. The highest BCUT2D eigenvalue weighted by Gasteiger charge is 2.62. The number of aliphatic hydroxyl groups is 1. The van der Waals surface area contributed by atoms with Crippen LogP contribution in [0.25, 0.3) is 0 Å². The zero-order valence-corrected chi connectivity index (χ0v) is 31.5. The molecule has 4 saturated carbocycles. The summed E-state index contributed by atoms with van der Waals surface area (Å²) >= 11 is 0. The van der Waals surface area contributed by atoms with Gasteiger partial charge in [0.1, 0.15) is 0 Å². The molecule has 0 heterocycles. The van der Waals surface area contributed by atoms with E-state index in [1.165, 1.54) is 89.9 Å². The number of hydrogen-bond donors (Lipinski definition) is 5. The molecule has 4 aliphatic rings. The van der Waals surface area contributed by atoms with E-state index in [4.69, 9.17) is 9.92 Å². The third kappa shape index (κ3) is 10.2. The van der Waals surface area contributed by atoms with Crippen LogP contribution in [-0.2, 0) is 14.6 Å². The minimum Gasteiger partial charge on any atom is -0.393 e. The topological polar surface area (TPSA) is 134 Å². The monoisotopic (exact) mass is 684 g/mol. The molecule has 6 N–H and O–H groups in total. The van der Waals surface area contributed by atoms with E-state index in [0.717, 1.165) is 39.0 Å². The first kappa shape index (κ1) is 39.5. The number of unbranched alkanes of at least 4 members (excludes halogenated alkanes) is 5. The quantitative estimate of drug-likeness (QED) is 0.0677. The van der Waals surface area contributed by atoms with Crippen molar-refractivity contribution < 1.29 is 22.3 Å². The average Bonchev–Trinajstić information content (AvgIpc) is 3.36. The fraction of sp³-hybridized carbons (Fsp3) is 1.00. The van der Waals surface area contributed by atoms with Gasteiger partial charge in [0.05, 0.1) is 12.2 Å². The van der Waals surface area contributed by atoms with Gasteiger partial charge in [0.25, 0.3) is 0 Å². The Hall–Kier alpha value is -0.290. The van der Waals surface area contributed by atoms with Gasteiger partial charge in [-0.2, -0.15) is 8.42 Å². The molecule has 4 aliphatic carbocycles. The molecular weight excluding hydrogens is 611 g/mol. The lowest BCUT2D eigenvalue weighted by molar-refractivity contribution is -0.167. The SMILES string of the molecule is CC(C)[C@@H](CC[C@@H](C)[C@H]1CCC2C3C(CC[C@@]21C)[C@@]1(C)CC[C@H](NCCCNCCCCCCCCN)C[C@H]1C[C@H]3O)OS(=O)(=O)O. The van der Waals surface area contributed by atoms with Gasteiger partial charge in [0.15, 0.2) is 0 Å². The minimum atomic E-state index is -4.46. The van der Waals surface area contributed by atoms with E-state index in [2.05, 4.69) is 31.4 Å². The van der Waals surface area contributed by atoms with Crippen molar-refractivity contribution in [3.8, 4) is 0 Å². The minimum absolute atomic E-state index is 0.0154. The van der Waals surface area contributed by atoms with E-state index in [1.54, 1.807) is 0 Å². The van der Waals surface area contributed by atoms with Gasteiger partial charge in [0, 0.05) is 6.04 Å². The lowest BCUT2D eigenvalue weighted by Crippen LogP contribution is -2.59. The Balaban J connectivity index is 1.23. The standard InChI is InChI=1S/C38H73N3O5S/c1-27(2)35(46-47(43,44)45)16-13-28(3)31-14-15-32-36-33(18-20-38(31,32)5)37(4)19-17-30(25-29(37)26-34(36)42)41-24-12-23-40-22-11-9-7-6-8-10-21-39/h27-36,40-42H,6-26,39H2,1-5H3,(H,43,44,45)/t28-,29+,30+,31-,32?,33?,34-,35-,36?,37+,38-/m1/s1. The van der Waals surface area contributed by atoms with Crippen LogP contribution in [0.5, 0.6) is 0 Å². The first-order valence-electron chi connectivity index (χ1n) is 19.8. The van der Waals surface area contributed by atoms with Gasteiger partial charge in [0.2, 0.25) is 0 Å². The number of nitrogens with two attached hydrogens (primary N) is 1. The summed E-state index contributed by atoms with van der Waals surface area (Å²) in [5, 5.41) is 19.4. The van der Waals surface area contributed by atoms with Gasteiger partial charge < -0.3 is 21.5 Å². The maximum atomic E-state index is 11.8. The number of nitrogens with one attached hydrogen (secondary N) is 2. The lowest BCUT2D eigenvalue weighted by atomic mass is 9.43. The van der Waals surface area contributed by atoms with E-state index < -0.39 is 16.5 Å². The molecule has 0 saturated heterocycles. The zero-order chi connectivity index (χ0) is 34.2. The average molecular weight is 684 g/mol. The summed E-state index contributed by atoms with van der Waals surface area (Å²) in [5.41, 5.74) is 6.13. The molecule has 3 unspecified atom stereocenters. The highest BCUT2D eigenvalue weighted by atomic mass is 32.3. The molecule has 0 aliphatic heterocycles. The molecule has 11 atom stereocenters. The molecule has 9 heteroatoms. The molecule has 47 heavy (non-hydrogen) atoms. The summed E-state index contributed by atoms with van der Waals surface area (Å²) in [7, 11) is -4.46.